The van der Waals surface area contributed by atoms with Crippen LogP contribution in [0, 0.1) is 5.41 Å². The molecule has 0 atom stereocenters. The number of carbonyl (C=O) groups excluding carboxylic acids is 2. The first kappa shape index (κ1) is 14.3. The van der Waals surface area contributed by atoms with E-state index in [-0.39, 0.29) is 30.4 Å². The average molecular weight is 268 g/mol. The van der Waals surface area contributed by atoms with Gasteiger partial charge in [0.25, 0.3) is 0 Å². The zero-order valence-electron chi connectivity index (χ0n) is 11.5. The molecule has 19 heavy (non-hydrogen) atoms. The Morgan fingerprint density at radius 2 is 2.11 bits per heavy atom. The fourth-order valence-corrected chi connectivity index (χ4v) is 2.65. The van der Waals surface area contributed by atoms with E-state index in [9.17, 15) is 9.59 Å². The molecule has 1 heterocycles. The summed E-state index contributed by atoms with van der Waals surface area (Å²) < 4.78 is 0. The number of hydrogen-bond acceptors (Lipinski definition) is 3. The maximum absolute atomic E-state index is 11.9. The number of hydrogen-bond donors (Lipinski definition) is 2. The lowest BCUT2D eigenvalue weighted by Crippen LogP contribution is -2.42. The van der Waals surface area contributed by atoms with Crippen LogP contribution in [0.3, 0.4) is 0 Å². The summed E-state index contributed by atoms with van der Waals surface area (Å²) in [4.78, 5) is 25.3. The number of nitrogens with one attached hydrogen (secondary N) is 1. The van der Waals surface area contributed by atoms with E-state index in [1.807, 2.05) is 0 Å². The molecule has 1 aliphatic carbocycles. The molecule has 1 saturated heterocycles. The molecular weight excluding hydrogens is 244 g/mol. The summed E-state index contributed by atoms with van der Waals surface area (Å²) in [5.41, 5.74) is 0.132. The normalized spacial score (nSPS) is 21.9. The van der Waals surface area contributed by atoms with Gasteiger partial charge in [0.05, 0.1) is 6.54 Å². The van der Waals surface area contributed by atoms with Crippen LogP contribution in [0.1, 0.15) is 44.9 Å². The first-order valence-electron chi connectivity index (χ1n) is 7.31. The van der Waals surface area contributed by atoms with E-state index in [1.165, 1.54) is 0 Å². The van der Waals surface area contributed by atoms with Crippen molar-refractivity contribution in [2.45, 2.75) is 44.9 Å². The number of carbonyl (C=O) groups is 2. The number of aliphatic hydroxyl groups excluding tert-OH is 1. The Morgan fingerprint density at radius 1 is 1.32 bits per heavy atom. The molecular formula is C14H24N2O3. The van der Waals surface area contributed by atoms with Crippen molar-refractivity contribution >= 4 is 11.8 Å². The topological polar surface area (TPSA) is 69.6 Å². The highest BCUT2D eigenvalue weighted by Crippen LogP contribution is 2.47. The van der Waals surface area contributed by atoms with Crippen molar-refractivity contribution in [3.8, 4) is 0 Å². The third-order valence-electron chi connectivity index (χ3n) is 4.27. The second kappa shape index (κ2) is 6.37. The number of likely N-dealkylation sites (tertiary alicyclic amines) is 1. The number of nitrogens with zero attached hydrogens (tertiary/aromatic N) is 1. The van der Waals surface area contributed by atoms with Gasteiger partial charge in [-0.3, -0.25) is 9.59 Å². The smallest absolute Gasteiger partial charge is 0.239 e. The molecule has 0 radical (unpaired) electrons. The first-order chi connectivity index (χ1) is 9.15. The molecule has 0 unspecified atom stereocenters. The molecule has 2 N–H and O–H groups in total. The van der Waals surface area contributed by atoms with E-state index in [1.54, 1.807) is 4.90 Å². The van der Waals surface area contributed by atoms with Gasteiger partial charge in [0.1, 0.15) is 0 Å². The molecule has 0 bridgehead atoms. The van der Waals surface area contributed by atoms with Crippen LogP contribution in [0.5, 0.6) is 0 Å². The van der Waals surface area contributed by atoms with Crippen LogP contribution in [0.25, 0.3) is 0 Å². The van der Waals surface area contributed by atoms with Gasteiger partial charge in [-0.1, -0.05) is 6.42 Å². The minimum atomic E-state index is -0.0699. The quantitative estimate of drug-likeness (QED) is 0.744. The van der Waals surface area contributed by atoms with Gasteiger partial charge in [-0.2, -0.15) is 0 Å². The molecule has 2 aliphatic rings. The highest BCUT2D eigenvalue weighted by atomic mass is 16.3. The zero-order chi connectivity index (χ0) is 13.7. The fraction of sp³-hybridized carbons (Fsp3) is 0.857. The zero-order valence-corrected chi connectivity index (χ0v) is 11.5. The van der Waals surface area contributed by atoms with Gasteiger partial charge < -0.3 is 15.3 Å². The molecule has 2 rings (SSSR count). The summed E-state index contributed by atoms with van der Waals surface area (Å²) >= 11 is 0. The van der Waals surface area contributed by atoms with Gasteiger partial charge in [0, 0.05) is 26.1 Å². The molecule has 5 nitrogen and oxygen atoms in total. The maximum Gasteiger partial charge on any atom is 0.239 e. The van der Waals surface area contributed by atoms with Crippen molar-refractivity contribution in [2.24, 2.45) is 5.41 Å². The lowest BCUT2D eigenvalue weighted by Gasteiger charge is -2.21. The van der Waals surface area contributed by atoms with Crippen molar-refractivity contribution < 1.29 is 14.7 Å². The van der Waals surface area contributed by atoms with Crippen molar-refractivity contribution in [2.75, 3.05) is 26.2 Å². The van der Waals surface area contributed by atoms with Crippen LogP contribution >= 0.6 is 0 Å². The van der Waals surface area contributed by atoms with Crippen molar-refractivity contribution in [1.29, 1.82) is 0 Å². The summed E-state index contributed by atoms with van der Waals surface area (Å²) in [6.45, 7) is 1.71. The van der Waals surface area contributed by atoms with E-state index < -0.39 is 0 Å². The van der Waals surface area contributed by atoms with Crippen LogP contribution < -0.4 is 5.32 Å². The Hall–Kier alpha value is -1.10. The van der Waals surface area contributed by atoms with Crippen molar-refractivity contribution in [3.63, 3.8) is 0 Å². The summed E-state index contributed by atoms with van der Waals surface area (Å²) in [5, 5.41) is 11.9. The van der Waals surface area contributed by atoms with Gasteiger partial charge in [-0.25, -0.2) is 0 Å². The SMILES string of the molecule is O=C(CN1CCCCCC1=O)NCC1(CCO)CC1. The molecule has 108 valence electrons. The van der Waals surface area contributed by atoms with E-state index in [0.717, 1.165) is 38.5 Å². The van der Waals surface area contributed by atoms with Crippen LogP contribution in [-0.4, -0.2) is 48.1 Å². The number of rotatable bonds is 6. The lowest BCUT2D eigenvalue weighted by atomic mass is 10.0. The number of aliphatic hydroxyl groups is 1. The molecule has 0 spiro atoms. The van der Waals surface area contributed by atoms with Gasteiger partial charge in [0.15, 0.2) is 0 Å². The molecule has 1 aliphatic heterocycles. The summed E-state index contributed by atoms with van der Waals surface area (Å²) in [6.07, 6.45) is 6.50. The Kier molecular flexibility index (Phi) is 4.80. The average Bonchev–Trinajstić information content (AvgIpc) is 3.16. The minimum absolute atomic E-state index is 0.0699. The Morgan fingerprint density at radius 3 is 2.79 bits per heavy atom. The van der Waals surface area contributed by atoms with E-state index in [4.69, 9.17) is 5.11 Å². The second-order valence-electron chi connectivity index (χ2n) is 5.88. The van der Waals surface area contributed by atoms with Gasteiger partial charge >= 0.3 is 0 Å². The largest absolute Gasteiger partial charge is 0.396 e. The molecule has 0 aromatic carbocycles. The van der Waals surface area contributed by atoms with Crippen LogP contribution in [0.15, 0.2) is 0 Å². The van der Waals surface area contributed by atoms with E-state index in [0.29, 0.717) is 19.5 Å². The fourth-order valence-electron chi connectivity index (χ4n) is 2.65. The summed E-state index contributed by atoms with van der Waals surface area (Å²) in [6, 6.07) is 0. The third kappa shape index (κ3) is 4.20. The summed E-state index contributed by atoms with van der Waals surface area (Å²) in [7, 11) is 0. The second-order valence-corrected chi connectivity index (χ2v) is 5.88. The lowest BCUT2D eigenvalue weighted by molar-refractivity contribution is -0.135. The van der Waals surface area contributed by atoms with Crippen LogP contribution in [-0.2, 0) is 9.59 Å². The summed E-state index contributed by atoms with van der Waals surface area (Å²) in [5.74, 6) is 0.0311. The molecule has 0 aromatic heterocycles. The number of amides is 2. The Balaban J connectivity index is 1.73. The Labute approximate surface area is 114 Å². The van der Waals surface area contributed by atoms with Gasteiger partial charge in [-0.05, 0) is 37.5 Å². The van der Waals surface area contributed by atoms with E-state index in [2.05, 4.69) is 5.32 Å². The maximum atomic E-state index is 11.9. The monoisotopic (exact) mass is 268 g/mol. The van der Waals surface area contributed by atoms with Gasteiger partial charge in [0.2, 0.25) is 11.8 Å². The predicted octanol–water partition coefficient (Wildman–Crippen LogP) is 0.668. The highest BCUT2D eigenvalue weighted by Gasteiger charge is 2.41. The predicted molar refractivity (Wildman–Crippen MR) is 71.4 cm³/mol. The molecule has 5 heteroatoms. The van der Waals surface area contributed by atoms with Crippen molar-refractivity contribution in [3.05, 3.63) is 0 Å². The first-order valence-corrected chi connectivity index (χ1v) is 7.31. The van der Waals surface area contributed by atoms with Crippen LogP contribution in [0.4, 0.5) is 0 Å². The highest BCUT2D eigenvalue weighted by molar-refractivity contribution is 5.84. The Bertz CT molecular complexity index is 340. The molecule has 2 fully saturated rings. The molecule has 0 aromatic rings. The minimum Gasteiger partial charge on any atom is -0.396 e. The third-order valence-corrected chi connectivity index (χ3v) is 4.27. The van der Waals surface area contributed by atoms with E-state index >= 15 is 0 Å². The molecule has 1 saturated carbocycles. The van der Waals surface area contributed by atoms with Gasteiger partial charge in [-0.15, -0.1) is 0 Å². The standard InChI is InChI=1S/C14H24N2O3/c17-9-7-14(5-6-14)11-15-12(18)10-16-8-3-1-2-4-13(16)19/h17H,1-11H2,(H,15,18). The molecule has 2 amide bonds. The van der Waals surface area contributed by atoms with Crippen LogP contribution in [0.2, 0.25) is 0 Å². The van der Waals surface area contributed by atoms with Crippen molar-refractivity contribution in [1.82, 2.24) is 10.2 Å².